The van der Waals surface area contributed by atoms with Crippen molar-refractivity contribution in [1.82, 2.24) is 5.32 Å². The minimum absolute atomic E-state index is 0.0158. The maximum Gasteiger partial charge on any atom is 0.308 e. The van der Waals surface area contributed by atoms with Gasteiger partial charge in [0.15, 0.2) is 0 Å². The highest BCUT2D eigenvalue weighted by Crippen LogP contribution is 2.40. The molecule has 126 valence electrons. The Bertz CT molecular complexity index is 759. The third-order valence-electron chi connectivity index (χ3n) is 5.21. The summed E-state index contributed by atoms with van der Waals surface area (Å²) >= 11 is 0. The summed E-state index contributed by atoms with van der Waals surface area (Å²) in [5.41, 5.74) is 0.701. The first kappa shape index (κ1) is 16.5. The molecule has 0 radical (unpaired) electrons. The summed E-state index contributed by atoms with van der Waals surface area (Å²) in [7, 11) is 0. The van der Waals surface area contributed by atoms with Gasteiger partial charge >= 0.3 is 5.97 Å². The number of benzene rings is 2. The van der Waals surface area contributed by atoms with Crippen molar-refractivity contribution in [1.29, 1.82) is 0 Å². The monoisotopic (exact) mass is 325 g/mol. The maximum absolute atomic E-state index is 12.2. The molecule has 1 aliphatic rings. The first-order valence-electron chi connectivity index (χ1n) is 8.47. The number of amides is 1. The van der Waals surface area contributed by atoms with Gasteiger partial charge in [0.05, 0.1) is 5.92 Å². The summed E-state index contributed by atoms with van der Waals surface area (Å²) in [6, 6.07) is 13.9. The molecule has 1 aliphatic carbocycles. The van der Waals surface area contributed by atoms with E-state index in [1.807, 2.05) is 49.4 Å². The molecule has 0 spiro atoms. The molecule has 2 aromatic rings. The van der Waals surface area contributed by atoms with Gasteiger partial charge < -0.3 is 10.4 Å². The predicted molar refractivity (Wildman–Crippen MR) is 93.7 cm³/mol. The van der Waals surface area contributed by atoms with E-state index in [4.69, 9.17) is 0 Å². The lowest BCUT2D eigenvalue weighted by atomic mass is 9.70. The van der Waals surface area contributed by atoms with Crippen LogP contribution in [0.15, 0.2) is 42.5 Å². The Labute approximate surface area is 141 Å². The van der Waals surface area contributed by atoms with Crippen LogP contribution < -0.4 is 5.32 Å². The number of carboxylic acids is 1. The molecule has 0 saturated heterocycles. The second kappa shape index (κ2) is 6.63. The number of carbonyl (C=O) groups excluding carboxylic acids is 1. The first-order valence-corrected chi connectivity index (χ1v) is 8.47. The molecule has 0 bridgehead atoms. The molecule has 1 saturated carbocycles. The van der Waals surface area contributed by atoms with Crippen molar-refractivity contribution in [3.05, 3.63) is 48.0 Å². The van der Waals surface area contributed by atoms with Crippen LogP contribution in [-0.2, 0) is 16.0 Å². The van der Waals surface area contributed by atoms with E-state index in [1.54, 1.807) is 0 Å². The Balaban J connectivity index is 1.72. The Morgan fingerprint density at radius 1 is 1.17 bits per heavy atom. The van der Waals surface area contributed by atoms with Gasteiger partial charge in [-0.3, -0.25) is 9.59 Å². The van der Waals surface area contributed by atoms with Gasteiger partial charge in [-0.2, -0.15) is 0 Å². The molecule has 4 heteroatoms. The zero-order valence-electron chi connectivity index (χ0n) is 13.9. The van der Waals surface area contributed by atoms with Crippen LogP contribution in [0.3, 0.4) is 0 Å². The molecule has 4 nitrogen and oxygen atoms in total. The minimum atomic E-state index is -0.873. The summed E-state index contributed by atoms with van der Waals surface area (Å²) < 4.78 is 0. The zero-order chi connectivity index (χ0) is 17.2. The summed E-state index contributed by atoms with van der Waals surface area (Å²) in [6.45, 7) is 2.12. The largest absolute Gasteiger partial charge is 0.481 e. The molecule has 1 amide bonds. The highest BCUT2D eigenvalue weighted by atomic mass is 16.4. The summed E-state index contributed by atoms with van der Waals surface area (Å²) in [5, 5.41) is 14.6. The quantitative estimate of drug-likeness (QED) is 0.855. The Morgan fingerprint density at radius 3 is 2.54 bits per heavy atom. The van der Waals surface area contributed by atoms with Crippen molar-refractivity contribution in [3.63, 3.8) is 0 Å². The topological polar surface area (TPSA) is 66.4 Å². The van der Waals surface area contributed by atoms with Crippen molar-refractivity contribution in [2.24, 2.45) is 11.3 Å². The lowest BCUT2D eigenvalue weighted by Crippen LogP contribution is -2.46. The van der Waals surface area contributed by atoms with Crippen LogP contribution in [0, 0.1) is 11.3 Å². The Kier molecular flexibility index (Phi) is 4.56. The summed E-state index contributed by atoms with van der Waals surface area (Å²) in [6.07, 6.45) is 3.26. The zero-order valence-corrected chi connectivity index (χ0v) is 13.9. The smallest absolute Gasteiger partial charge is 0.308 e. The summed E-state index contributed by atoms with van der Waals surface area (Å²) in [5.74, 6) is -1.51. The van der Waals surface area contributed by atoms with Crippen LogP contribution >= 0.6 is 0 Å². The van der Waals surface area contributed by atoms with Gasteiger partial charge in [0.2, 0.25) is 5.91 Å². The molecule has 2 N–H and O–H groups in total. The number of carbonyl (C=O) groups is 2. The van der Waals surface area contributed by atoms with Crippen molar-refractivity contribution in [3.8, 4) is 0 Å². The molecule has 3 rings (SSSR count). The molecule has 0 aliphatic heterocycles. The fourth-order valence-electron chi connectivity index (χ4n) is 3.35. The van der Waals surface area contributed by atoms with E-state index < -0.39 is 11.9 Å². The van der Waals surface area contributed by atoms with Crippen LogP contribution in [0.25, 0.3) is 10.8 Å². The molecular weight excluding hydrogens is 302 g/mol. The molecule has 0 heterocycles. The fraction of sp³-hybridized carbons (Fsp3) is 0.400. The molecule has 0 aromatic heterocycles. The van der Waals surface area contributed by atoms with E-state index >= 15 is 0 Å². The molecule has 1 fully saturated rings. The molecule has 1 atom stereocenters. The van der Waals surface area contributed by atoms with Crippen LogP contribution in [0.4, 0.5) is 0 Å². The second-order valence-corrected chi connectivity index (χ2v) is 7.00. The molecule has 1 unspecified atom stereocenters. The van der Waals surface area contributed by atoms with E-state index in [0.717, 1.165) is 35.6 Å². The Hall–Kier alpha value is -2.36. The number of carboxylic acid groups (broad SMARTS) is 1. The van der Waals surface area contributed by atoms with Crippen molar-refractivity contribution < 1.29 is 14.7 Å². The number of aliphatic carboxylic acids is 1. The van der Waals surface area contributed by atoms with E-state index in [1.165, 1.54) is 0 Å². The van der Waals surface area contributed by atoms with Gasteiger partial charge in [-0.25, -0.2) is 0 Å². The van der Waals surface area contributed by atoms with Gasteiger partial charge in [-0.05, 0) is 35.6 Å². The molecule has 24 heavy (non-hydrogen) atoms. The van der Waals surface area contributed by atoms with E-state index in [-0.39, 0.29) is 17.9 Å². The van der Waals surface area contributed by atoms with E-state index in [0.29, 0.717) is 6.42 Å². The fourth-order valence-corrected chi connectivity index (χ4v) is 3.35. The number of hydrogen-bond acceptors (Lipinski definition) is 2. The number of nitrogens with one attached hydrogen (secondary N) is 1. The van der Waals surface area contributed by atoms with Gasteiger partial charge in [0.25, 0.3) is 0 Å². The first-order chi connectivity index (χ1) is 11.5. The number of hydrogen-bond donors (Lipinski definition) is 2. The van der Waals surface area contributed by atoms with Crippen LogP contribution in [0.2, 0.25) is 0 Å². The van der Waals surface area contributed by atoms with Gasteiger partial charge in [-0.1, -0.05) is 55.8 Å². The van der Waals surface area contributed by atoms with Crippen LogP contribution in [0.5, 0.6) is 0 Å². The lowest BCUT2D eigenvalue weighted by molar-refractivity contribution is -0.142. The molecular formula is C20H23NO3. The Morgan fingerprint density at radius 2 is 1.88 bits per heavy atom. The highest BCUT2D eigenvalue weighted by Gasteiger charge is 2.39. The maximum atomic E-state index is 12.2. The number of rotatable bonds is 6. The van der Waals surface area contributed by atoms with Crippen molar-refractivity contribution in [2.75, 3.05) is 6.54 Å². The predicted octanol–water partition coefficient (Wildman–Crippen LogP) is 3.39. The molecule has 2 aromatic carbocycles. The third-order valence-corrected chi connectivity index (χ3v) is 5.21. The van der Waals surface area contributed by atoms with E-state index in [9.17, 15) is 14.7 Å². The van der Waals surface area contributed by atoms with Crippen LogP contribution in [0.1, 0.15) is 31.7 Å². The average Bonchev–Trinajstić information content (AvgIpc) is 2.56. The van der Waals surface area contributed by atoms with Gasteiger partial charge in [0, 0.05) is 12.0 Å². The van der Waals surface area contributed by atoms with E-state index in [2.05, 4.69) is 5.32 Å². The second-order valence-electron chi connectivity index (χ2n) is 7.00. The van der Waals surface area contributed by atoms with Crippen LogP contribution in [-0.4, -0.2) is 23.5 Å². The highest BCUT2D eigenvalue weighted by molar-refractivity contribution is 5.86. The third kappa shape index (κ3) is 3.28. The SMILES string of the molecule is CC1(C(=O)NCC(Cc2cccc3ccccc23)C(=O)O)CCC1. The van der Waals surface area contributed by atoms with Crippen molar-refractivity contribution >= 4 is 22.6 Å². The summed E-state index contributed by atoms with van der Waals surface area (Å²) in [4.78, 5) is 23.9. The number of fused-ring (bicyclic) bond motifs is 1. The average molecular weight is 325 g/mol. The lowest BCUT2D eigenvalue weighted by Gasteiger charge is -2.36. The van der Waals surface area contributed by atoms with Crippen molar-refractivity contribution in [2.45, 2.75) is 32.6 Å². The normalized spacial score (nSPS) is 17.0. The standard InChI is InChI=1S/C20H23NO3/c1-20(10-5-11-20)19(24)21-13-16(18(22)23)12-15-8-4-7-14-6-2-3-9-17(14)15/h2-4,6-9,16H,5,10-13H2,1H3,(H,21,24)(H,22,23). The van der Waals surface area contributed by atoms with Gasteiger partial charge in [-0.15, -0.1) is 0 Å². The van der Waals surface area contributed by atoms with Gasteiger partial charge in [0.1, 0.15) is 0 Å². The minimum Gasteiger partial charge on any atom is -0.481 e.